The minimum Gasteiger partial charge on any atom is -0.0808 e. The fourth-order valence-electron chi connectivity index (χ4n) is 5.30. The Morgan fingerprint density at radius 3 is 2.48 bits per heavy atom. The molecular weight excluding hydrogens is 324 g/mol. The number of allylic oxidation sites excluding steroid dienone is 8. The van der Waals surface area contributed by atoms with Gasteiger partial charge in [0.25, 0.3) is 0 Å². The summed E-state index contributed by atoms with van der Waals surface area (Å²) in [5, 5.41) is 0. The van der Waals surface area contributed by atoms with Gasteiger partial charge in [-0.2, -0.15) is 0 Å². The number of fused-ring (bicyclic) bond motifs is 1. The average Bonchev–Trinajstić information content (AvgIpc) is 3.25. The lowest BCUT2D eigenvalue weighted by molar-refractivity contribution is 0.356. The molecule has 3 aliphatic carbocycles. The number of hydrogen-bond donors (Lipinski definition) is 0. The Morgan fingerprint density at radius 1 is 0.852 bits per heavy atom. The Hall–Kier alpha value is -1.04. The predicted octanol–water partition coefficient (Wildman–Crippen LogP) is 8.42. The van der Waals surface area contributed by atoms with Crippen LogP contribution in [0.2, 0.25) is 0 Å². The molecule has 0 aromatic rings. The molecule has 27 heavy (non-hydrogen) atoms. The minimum atomic E-state index is 0.512. The Balaban J connectivity index is 1.26. The van der Waals surface area contributed by atoms with Crippen LogP contribution in [0.1, 0.15) is 91.4 Å². The summed E-state index contributed by atoms with van der Waals surface area (Å²) >= 11 is 0. The van der Waals surface area contributed by atoms with Gasteiger partial charge >= 0.3 is 0 Å². The van der Waals surface area contributed by atoms with Crippen LogP contribution < -0.4 is 0 Å². The summed E-state index contributed by atoms with van der Waals surface area (Å²) in [6, 6.07) is 0. The van der Waals surface area contributed by atoms with Gasteiger partial charge < -0.3 is 0 Å². The molecule has 3 rings (SSSR count). The molecule has 4 unspecified atom stereocenters. The van der Waals surface area contributed by atoms with Crippen molar-refractivity contribution in [3.8, 4) is 0 Å². The van der Waals surface area contributed by atoms with Gasteiger partial charge in [-0.15, -0.1) is 0 Å². The molecule has 0 spiro atoms. The number of hydrogen-bond acceptors (Lipinski definition) is 0. The second-order valence-corrected chi connectivity index (χ2v) is 10.5. The summed E-state index contributed by atoms with van der Waals surface area (Å²) in [6.45, 7) is 7.07. The van der Waals surface area contributed by atoms with Gasteiger partial charge in [0.05, 0.1) is 0 Å². The molecule has 0 heteroatoms. The number of unbranched alkanes of at least 4 members (excludes halogenated alkanes) is 4. The Morgan fingerprint density at radius 2 is 1.63 bits per heavy atom. The first kappa shape index (κ1) is 20.7. The lowest BCUT2D eigenvalue weighted by Gasteiger charge is -2.22. The third-order valence-corrected chi connectivity index (χ3v) is 6.96. The van der Waals surface area contributed by atoms with Crippen molar-refractivity contribution in [2.24, 2.45) is 29.1 Å². The topological polar surface area (TPSA) is 0 Å². The maximum Gasteiger partial charge on any atom is -0.00444 e. The van der Waals surface area contributed by atoms with E-state index < -0.39 is 0 Å². The summed E-state index contributed by atoms with van der Waals surface area (Å²) in [4.78, 5) is 0. The highest BCUT2D eigenvalue weighted by atomic mass is 14.4. The van der Waals surface area contributed by atoms with Gasteiger partial charge in [0.2, 0.25) is 0 Å². The summed E-state index contributed by atoms with van der Waals surface area (Å²) in [6.07, 6.45) is 32.2. The normalized spacial score (nSPS) is 29.4. The van der Waals surface area contributed by atoms with Crippen molar-refractivity contribution in [1.29, 1.82) is 0 Å². The highest BCUT2D eigenvalue weighted by Gasteiger charge is 2.33. The van der Waals surface area contributed by atoms with Crippen LogP contribution in [0.4, 0.5) is 0 Å². The molecule has 0 aromatic carbocycles. The van der Waals surface area contributed by atoms with Gasteiger partial charge in [-0.25, -0.2) is 0 Å². The van der Waals surface area contributed by atoms with Crippen molar-refractivity contribution < 1.29 is 0 Å². The zero-order chi connectivity index (χ0) is 19.1. The molecule has 0 amide bonds. The molecule has 0 nitrogen and oxygen atoms in total. The first-order valence-electron chi connectivity index (χ1n) is 11.8. The highest BCUT2D eigenvalue weighted by molar-refractivity contribution is 5.29. The minimum absolute atomic E-state index is 0.512. The lowest BCUT2D eigenvalue weighted by Crippen LogP contribution is -2.13. The van der Waals surface area contributed by atoms with Crippen LogP contribution in [-0.4, -0.2) is 0 Å². The first-order chi connectivity index (χ1) is 13.0. The summed E-state index contributed by atoms with van der Waals surface area (Å²) in [5.41, 5.74) is 2.12. The van der Waals surface area contributed by atoms with Crippen LogP contribution in [0.3, 0.4) is 0 Å². The molecule has 1 fully saturated rings. The van der Waals surface area contributed by atoms with Crippen LogP contribution in [0.15, 0.2) is 48.1 Å². The summed E-state index contributed by atoms with van der Waals surface area (Å²) in [7, 11) is 0. The molecule has 4 atom stereocenters. The third-order valence-electron chi connectivity index (χ3n) is 6.96. The van der Waals surface area contributed by atoms with E-state index in [9.17, 15) is 0 Å². The van der Waals surface area contributed by atoms with Gasteiger partial charge in [-0.3, -0.25) is 0 Å². The van der Waals surface area contributed by atoms with Crippen LogP contribution in [0.25, 0.3) is 0 Å². The monoisotopic (exact) mass is 366 g/mol. The predicted molar refractivity (Wildman–Crippen MR) is 120 cm³/mol. The molecule has 0 aromatic heterocycles. The van der Waals surface area contributed by atoms with Gasteiger partial charge in [-0.05, 0) is 74.0 Å². The van der Waals surface area contributed by atoms with Crippen LogP contribution >= 0.6 is 0 Å². The second-order valence-electron chi connectivity index (χ2n) is 10.5. The Bertz CT molecular complexity index is 565. The van der Waals surface area contributed by atoms with Crippen molar-refractivity contribution in [2.75, 3.05) is 0 Å². The molecule has 3 aliphatic rings. The SMILES string of the molecule is CC(C)(C)CCCCCCCC1=CC(CCC2CCC3C=CC=CC32)C=C1. The fraction of sp³-hybridized carbons (Fsp3) is 0.704. The van der Waals surface area contributed by atoms with Crippen molar-refractivity contribution in [3.63, 3.8) is 0 Å². The first-order valence-corrected chi connectivity index (χ1v) is 11.8. The van der Waals surface area contributed by atoms with Crippen molar-refractivity contribution in [1.82, 2.24) is 0 Å². The molecule has 0 heterocycles. The molecular formula is C27H42. The Labute approximate surface area is 168 Å². The molecule has 0 saturated heterocycles. The maximum atomic E-state index is 2.57. The van der Waals surface area contributed by atoms with Crippen molar-refractivity contribution in [2.45, 2.75) is 91.4 Å². The standard InChI is InChI=1S/C27H42/c1-27(2,3)20-10-6-4-5-7-11-22-14-15-23(21-22)16-17-25-19-18-24-12-8-9-13-26(24)25/h8-9,12-15,21,23-26H,4-7,10-11,16-20H2,1-3H3. The van der Waals surface area contributed by atoms with Crippen molar-refractivity contribution >= 4 is 0 Å². The van der Waals surface area contributed by atoms with Crippen molar-refractivity contribution in [3.05, 3.63) is 48.1 Å². The third kappa shape index (κ3) is 6.81. The maximum absolute atomic E-state index is 2.57. The van der Waals surface area contributed by atoms with Gasteiger partial charge in [0.1, 0.15) is 0 Å². The highest BCUT2D eigenvalue weighted by Crippen LogP contribution is 2.43. The van der Waals surface area contributed by atoms with Gasteiger partial charge in [-0.1, -0.05) is 94.6 Å². The van der Waals surface area contributed by atoms with E-state index in [-0.39, 0.29) is 0 Å². The van der Waals surface area contributed by atoms with Crippen LogP contribution in [-0.2, 0) is 0 Å². The van der Waals surface area contributed by atoms with E-state index in [1.54, 1.807) is 5.57 Å². The lowest BCUT2D eigenvalue weighted by atomic mass is 9.83. The van der Waals surface area contributed by atoms with Gasteiger partial charge in [0.15, 0.2) is 0 Å². The summed E-state index contributed by atoms with van der Waals surface area (Å²) < 4.78 is 0. The molecule has 0 bridgehead atoms. The smallest absolute Gasteiger partial charge is 0.00444 e. The Kier molecular flexibility index (Phi) is 7.62. The van der Waals surface area contributed by atoms with Crippen LogP contribution in [0.5, 0.6) is 0 Å². The molecule has 0 aliphatic heterocycles. The molecule has 150 valence electrons. The number of rotatable bonds is 10. The van der Waals surface area contributed by atoms with E-state index in [1.807, 2.05) is 0 Å². The average molecular weight is 367 g/mol. The molecule has 1 saturated carbocycles. The quantitative estimate of drug-likeness (QED) is 0.340. The van der Waals surface area contributed by atoms with E-state index in [2.05, 4.69) is 63.3 Å². The van der Waals surface area contributed by atoms with E-state index >= 15 is 0 Å². The van der Waals surface area contributed by atoms with Gasteiger partial charge in [0, 0.05) is 0 Å². The van der Waals surface area contributed by atoms with E-state index in [1.165, 1.54) is 70.6 Å². The van der Waals surface area contributed by atoms with Crippen LogP contribution in [0, 0.1) is 29.1 Å². The fourth-order valence-corrected chi connectivity index (χ4v) is 5.30. The molecule has 0 radical (unpaired) electrons. The summed E-state index contributed by atoms with van der Waals surface area (Å²) in [5.74, 6) is 3.32. The zero-order valence-corrected chi connectivity index (χ0v) is 18.1. The second kappa shape index (κ2) is 9.94. The largest absolute Gasteiger partial charge is 0.0808 e. The molecule has 0 N–H and O–H groups in total. The van der Waals surface area contributed by atoms with E-state index in [0.717, 1.165) is 17.8 Å². The van der Waals surface area contributed by atoms with E-state index in [0.29, 0.717) is 11.3 Å². The zero-order valence-electron chi connectivity index (χ0n) is 18.1. The van der Waals surface area contributed by atoms with E-state index in [4.69, 9.17) is 0 Å².